The molecule has 3 aromatic rings. The number of nitrogens with zero attached hydrogens (tertiary/aromatic N) is 1. The molecule has 1 heterocycles. The smallest absolute Gasteiger partial charge is 0.291 e. The zero-order valence-electron chi connectivity index (χ0n) is 17.1. The minimum Gasteiger partial charge on any atom is -0.484 e. The van der Waals surface area contributed by atoms with Gasteiger partial charge in [-0.1, -0.05) is 26.0 Å². The fraction of sp³-hybridized carbons (Fsp3) is 0.304. The van der Waals surface area contributed by atoms with Crippen LogP contribution in [0.4, 0.5) is 10.1 Å². The second-order valence-corrected chi connectivity index (χ2v) is 6.89. The molecule has 0 aliphatic carbocycles. The van der Waals surface area contributed by atoms with Crippen LogP contribution >= 0.6 is 0 Å². The Balaban J connectivity index is 1.82. The van der Waals surface area contributed by atoms with E-state index in [4.69, 9.17) is 9.15 Å². The van der Waals surface area contributed by atoms with Gasteiger partial charge < -0.3 is 19.4 Å². The van der Waals surface area contributed by atoms with Crippen LogP contribution < -0.4 is 10.1 Å². The van der Waals surface area contributed by atoms with Crippen LogP contribution in [0.5, 0.6) is 5.75 Å². The molecular formula is C23H25FN2O4. The number of hydrogen-bond acceptors (Lipinski definition) is 4. The standard InChI is InChI=1S/C23H25FN2O4/c1-3-13-26(14-4-2)23(28)22-21(18-7-5-6-8-19(18)30-22)25-20(27)15-29-17-11-9-16(24)10-12-17/h5-12H,3-4,13-15H2,1-2H3,(H,25,27). The maximum Gasteiger partial charge on any atom is 0.291 e. The third-order valence-electron chi connectivity index (χ3n) is 4.51. The van der Waals surface area contributed by atoms with Gasteiger partial charge in [-0.05, 0) is 49.2 Å². The average molecular weight is 412 g/mol. The Morgan fingerprint density at radius 3 is 2.37 bits per heavy atom. The molecule has 0 unspecified atom stereocenters. The molecule has 1 N–H and O–H groups in total. The van der Waals surface area contributed by atoms with Crippen LogP contribution in [-0.2, 0) is 4.79 Å². The van der Waals surface area contributed by atoms with Crippen LogP contribution in [0.3, 0.4) is 0 Å². The first-order valence-corrected chi connectivity index (χ1v) is 10.0. The van der Waals surface area contributed by atoms with Crippen molar-refractivity contribution in [2.75, 3.05) is 25.0 Å². The lowest BCUT2D eigenvalue weighted by molar-refractivity contribution is -0.118. The molecule has 0 saturated carbocycles. The van der Waals surface area contributed by atoms with Gasteiger partial charge in [-0.2, -0.15) is 0 Å². The number of furan rings is 1. The summed E-state index contributed by atoms with van der Waals surface area (Å²) in [5.41, 5.74) is 0.851. The average Bonchev–Trinajstić information content (AvgIpc) is 3.11. The highest BCUT2D eigenvalue weighted by Crippen LogP contribution is 2.32. The van der Waals surface area contributed by atoms with Gasteiger partial charge in [-0.15, -0.1) is 0 Å². The zero-order valence-corrected chi connectivity index (χ0v) is 17.1. The number of hydrogen-bond donors (Lipinski definition) is 1. The van der Waals surface area contributed by atoms with Crippen LogP contribution in [0.15, 0.2) is 52.9 Å². The summed E-state index contributed by atoms with van der Waals surface area (Å²) in [4.78, 5) is 27.4. The molecule has 1 aromatic heterocycles. The topological polar surface area (TPSA) is 71.8 Å². The van der Waals surface area contributed by atoms with Crippen molar-refractivity contribution in [3.05, 3.63) is 60.1 Å². The molecule has 0 aliphatic heterocycles. The molecule has 0 radical (unpaired) electrons. The number of para-hydroxylation sites is 1. The molecule has 2 aromatic carbocycles. The molecule has 7 heteroatoms. The predicted molar refractivity (Wildman–Crippen MR) is 113 cm³/mol. The number of carbonyl (C=O) groups excluding carboxylic acids is 2. The van der Waals surface area contributed by atoms with Crippen LogP contribution in [0, 0.1) is 5.82 Å². The van der Waals surface area contributed by atoms with Crippen molar-refractivity contribution < 1.29 is 23.1 Å². The van der Waals surface area contributed by atoms with E-state index in [0.717, 1.165) is 12.8 Å². The van der Waals surface area contributed by atoms with Crippen molar-refractivity contribution in [2.45, 2.75) is 26.7 Å². The quantitative estimate of drug-likeness (QED) is 0.545. The maximum absolute atomic E-state index is 13.1. The van der Waals surface area contributed by atoms with Crippen LogP contribution in [0.2, 0.25) is 0 Å². The molecule has 0 bridgehead atoms. The molecule has 30 heavy (non-hydrogen) atoms. The van der Waals surface area contributed by atoms with Gasteiger partial charge >= 0.3 is 0 Å². The highest BCUT2D eigenvalue weighted by molar-refractivity contribution is 6.11. The zero-order chi connectivity index (χ0) is 21.5. The number of ether oxygens (including phenoxy) is 1. The van der Waals surface area contributed by atoms with Crippen LogP contribution in [0.1, 0.15) is 37.2 Å². The number of fused-ring (bicyclic) bond motifs is 1. The summed E-state index contributed by atoms with van der Waals surface area (Å²) in [7, 11) is 0. The number of benzene rings is 2. The number of rotatable bonds is 9. The second-order valence-electron chi connectivity index (χ2n) is 6.89. The van der Waals surface area contributed by atoms with E-state index < -0.39 is 5.91 Å². The first kappa shape index (κ1) is 21.4. The molecule has 0 aliphatic rings. The lowest BCUT2D eigenvalue weighted by Gasteiger charge is -2.20. The predicted octanol–water partition coefficient (Wildman–Crippen LogP) is 4.85. The summed E-state index contributed by atoms with van der Waals surface area (Å²) in [6.07, 6.45) is 1.64. The van der Waals surface area contributed by atoms with Crippen LogP contribution in [0.25, 0.3) is 11.0 Å². The Morgan fingerprint density at radius 1 is 1.03 bits per heavy atom. The molecule has 0 fully saturated rings. The number of anilines is 1. The largest absolute Gasteiger partial charge is 0.484 e. The fourth-order valence-corrected chi connectivity index (χ4v) is 3.17. The Bertz CT molecular complexity index is 1010. The Kier molecular flexibility index (Phi) is 7.06. The Labute approximate surface area is 174 Å². The first-order chi connectivity index (χ1) is 14.5. The van der Waals surface area contributed by atoms with Crippen molar-refractivity contribution in [1.82, 2.24) is 4.90 Å². The molecule has 2 amide bonds. The maximum atomic E-state index is 13.1. The Morgan fingerprint density at radius 2 is 1.70 bits per heavy atom. The number of amides is 2. The van der Waals surface area contributed by atoms with E-state index in [-0.39, 0.29) is 24.1 Å². The normalized spacial score (nSPS) is 10.8. The van der Waals surface area contributed by atoms with Gasteiger partial charge in [-0.3, -0.25) is 9.59 Å². The van der Waals surface area contributed by atoms with E-state index in [1.54, 1.807) is 23.1 Å². The summed E-state index contributed by atoms with van der Waals surface area (Å²) < 4.78 is 24.2. The number of halogens is 1. The van der Waals surface area contributed by atoms with Gasteiger partial charge in [0.2, 0.25) is 5.76 Å². The van der Waals surface area contributed by atoms with E-state index in [0.29, 0.717) is 35.5 Å². The number of carbonyl (C=O) groups is 2. The van der Waals surface area contributed by atoms with Crippen molar-refractivity contribution in [2.24, 2.45) is 0 Å². The van der Waals surface area contributed by atoms with Gasteiger partial charge in [0.1, 0.15) is 22.8 Å². The minimum atomic E-state index is -0.447. The second kappa shape index (κ2) is 9.91. The SMILES string of the molecule is CCCN(CCC)C(=O)c1oc2ccccc2c1NC(=O)COc1ccc(F)cc1. The molecule has 0 atom stereocenters. The van der Waals surface area contributed by atoms with Gasteiger partial charge in [0.05, 0.1) is 0 Å². The first-order valence-electron chi connectivity index (χ1n) is 10.0. The van der Waals surface area contributed by atoms with E-state index in [1.165, 1.54) is 24.3 Å². The van der Waals surface area contributed by atoms with Crippen LogP contribution in [-0.4, -0.2) is 36.4 Å². The lowest BCUT2D eigenvalue weighted by atomic mass is 10.2. The highest BCUT2D eigenvalue weighted by Gasteiger charge is 2.26. The van der Waals surface area contributed by atoms with E-state index >= 15 is 0 Å². The molecule has 0 spiro atoms. The van der Waals surface area contributed by atoms with Crippen molar-refractivity contribution >= 4 is 28.5 Å². The monoisotopic (exact) mass is 412 g/mol. The summed E-state index contributed by atoms with van der Waals surface area (Å²) in [6.45, 7) is 4.93. The van der Waals surface area contributed by atoms with Gasteiger partial charge in [0.15, 0.2) is 6.61 Å². The van der Waals surface area contributed by atoms with Crippen molar-refractivity contribution in [3.63, 3.8) is 0 Å². The minimum absolute atomic E-state index is 0.105. The lowest BCUT2D eigenvalue weighted by Crippen LogP contribution is -2.33. The molecule has 0 saturated heterocycles. The molecule has 6 nitrogen and oxygen atoms in total. The molecule has 158 valence electrons. The van der Waals surface area contributed by atoms with E-state index in [2.05, 4.69) is 5.32 Å². The summed E-state index contributed by atoms with van der Waals surface area (Å²) in [5.74, 6) is -0.615. The van der Waals surface area contributed by atoms with Gasteiger partial charge in [-0.25, -0.2) is 4.39 Å². The molecule has 3 rings (SSSR count). The highest BCUT2D eigenvalue weighted by atomic mass is 19.1. The van der Waals surface area contributed by atoms with Gasteiger partial charge in [0.25, 0.3) is 11.8 Å². The van der Waals surface area contributed by atoms with Crippen molar-refractivity contribution in [3.8, 4) is 5.75 Å². The van der Waals surface area contributed by atoms with Crippen molar-refractivity contribution in [1.29, 1.82) is 0 Å². The third kappa shape index (κ3) is 4.97. The van der Waals surface area contributed by atoms with E-state index in [1.807, 2.05) is 19.9 Å². The number of nitrogens with one attached hydrogen (secondary N) is 1. The Hall–Kier alpha value is -3.35. The summed E-state index contributed by atoms with van der Waals surface area (Å²) in [6, 6.07) is 12.5. The summed E-state index contributed by atoms with van der Waals surface area (Å²) in [5, 5.41) is 3.40. The summed E-state index contributed by atoms with van der Waals surface area (Å²) >= 11 is 0. The fourth-order valence-electron chi connectivity index (χ4n) is 3.17. The van der Waals surface area contributed by atoms with Gasteiger partial charge in [0, 0.05) is 18.5 Å². The molecular weight excluding hydrogens is 387 g/mol. The van der Waals surface area contributed by atoms with E-state index in [9.17, 15) is 14.0 Å². The third-order valence-corrected chi connectivity index (χ3v) is 4.51.